The van der Waals surface area contributed by atoms with Crippen molar-refractivity contribution < 1.29 is 22.4 Å². The molecule has 9 heteroatoms. The molecular formula is C24H32FN3O4S. The van der Waals surface area contributed by atoms with Gasteiger partial charge in [-0.2, -0.15) is 0 Å². The first kappa shape index (κ1) is 26.3. The number of amides is 2. The fourth-order valence-corrected chi connectivity index (χ4v) is 4.55. The summed E-state index contributed by atoms with van der Waals surface area (Å²) in [7, 11) is -2.08. The van der Waals surface area contributed by atoms with Crippen LogP contribution in [-0.2, 0) is 26.2 Å². The minimum absolute atomic E-state index is 0.0609. The molecule has 0 aromatic heterocycles. The van der Waals surface area contributed by atoms with E-state index in [1.165, 1.54) is 31.3 Å². The van der Waals surface area contributed by atoms with Gasteiger partial charge in [0.15, 0.2) is 0 Å². The van der Waals surface area contributed by atoms with Crippen molar-refractivity contribution in [1.29, 1.82) is 0 Å². The van der Waals surface area contributed by atoms with E-state index in [1.54, 1.807) is 4.90 Å². The Morgan fingerprint density at radius 2 is 1.67 bits per heavy atom. The van der Waals surface area contributed by atoms with Crippen LogP contribution in [0, 0.1) is 12.7 Å². The first-order valence-corrected chi connectivity index (χ1v) is 12.7. The van der Waals surface area contributed by atoms with Crippen LogP contribution in [0.3, 0.4) is 0 Å². The first-order valence-electron chi connectivity index (χ1n) is 10.9. The van der Waals surface area contributed by atoms with Crippen molar-refractivity contribution in [2.24, 2.45) is 0 Å². The molecule has 0 radical (unpaired) electrons. The average Bonchev–Trinajstić information content (AvgIpc) is 2.77. The summed E-state index contributed by atoms with van der Waals surface area (Å²) in [6.07, 6.45) is 1.83. The van der Waals surface area contributed by atoms with Crippen LogP contribution >= 0.6 is 0 Å². The van der Waals surface area contributed by atoms with Crippen LogP contribution in [0.15, 0.2) is 48.5 Å². The Balaban J connectivity index is 2.17. The van der Waals surface area contributed by atoms with E-state index >= 15 is 0 Å². The number of aryl methyl sites for hydroxylation is 1. The van der Waals surface area contributed by atoms with Crippen molar-refractivity contribution in [1.82, 2.24) is 10.2 Å². The Hall–Kier alpha value is -2.94. The average molecular weight is 478 g/mol. The quantitative estimate of drug-likeness (QED) is 0.538. The standard InChI is InChI=1S/C24H32FN3O4S/c1-5-22(24(30)26-3)27(17-19-10-8-18(2)9-11-19)23(29)7-6-16-28(33(4,31)32)21-14-12-20(25)13-15-21/h8-15,22H,5-7,16-17H2,1-4H3,(H,26,30)/t22-/m0/s1. The van der Waals surface area contributed by atoms with Crippen LogP contribution in [-0.4, -0.2) is 51.0 Å². The summed E-state index contributed by atoms with van der Waals surface area (Å²) in [5.74, 6) is -0.949. The number of anilines is 1. The van der Waals surface area contributed by atoms with Gasteiger partial charge in [0.1, 0.15) is 11.9 Å². The molecule has 0 heterocycles. The van der Waals surface area contributed by atoms with Gasteiger partial charge in [0.25, 0.3) is 0 Å². The predicted molar refractivity (Wildman–Crippen MR) is 128 cm³/mol. The van der Waals surface area contributed by atoms with E-state index in [-0.39, 0.29) is 37.7 Å². The highest BCUT2D eigenvalue weighted by molar-refractivity contribution is 7.92. The summed E-state index contributed by atoms with van der Waals surface area (Å²) in [6.45, 7) is 4.15. The molecule has 0 bridgehead atoms. The third kappa shape index (κ3) is 7.56. The Bertz CT molecular complexity index is 1040. The molecule has 33 heavy (non-hydrogen) atoms. The molecule has 0 aliphatic carbocycles. The molecule has 0 saturated heterocycles. The minimum atomic E-state index is -3.62. The molecule has 7 nitrogen and oxygen atoms in total. The summed E-state index contributed by atoms with van der Waals surface area (Å²) in [5, 5.41) is 2.62. The second-order valence-electron chi connectivity index (χ2n) is 7.96. The van der Waals surface area contributed by atoms with Gasteiger partial charge < -0.3 is 10.2 Å². The van der Waals surface area contributed by atoms with E-state index in [0.717, 1.165) is 21.7 Å². The number of hydrogen-bond donors (Lipinski definition) is 1. The monoisotopic (exact) mass is 477 g/mol. The second kappa shape index (κ2) is 11.8. The lowest BCUT2D eigenvalue weighted by molar-refractivity contribution is -0.141. The fraction of sp³-hybridized carbons (Fsp3) is 0.417. The van der Waals surface area contributed by atoms with Crippen molar-refractivity contribution in [2.45, 2.75) is 45.7 Å². The fourth-order valence-electron chi connectivity index (χ4n) is 3.59. The maximum Gasteiger partial charge on any atom is 0.242 e. The number of sulfonamides is 1. The highest BCUT2D eigenvalue weighted by Crippen LogP contribution is 2.20. The molecule has 0 fully saturated rings. The van der Waals surface area contributed by atoms with E-state index in [1.807, 2.05) is 38.1 Å². The van der Waals surface area contributed by atoms with Gasteiger partial charge in [-0.05, 0) is 49.6 Å². The molecule has 0 spiro atoms. The maximum atomic E-state index is 13.2. The topological polar surface area (TPSA) is 86.8 Å². The molecular weight excluding hydrogens is 445 g/mol. The van der Waals surface area contributed by atoms with E-state index < -0.39 is 21.9 Å². The van der Waals surface area contributed by atoms with Crippen LogP contribution in [0.5, 0.6) is 0 Å². The Morgan fingerprint density at radius 3 is 2.18 bits per heavy atom. The van der Waals surface area contributed by atoms with E-state index in [0.29, 0.717) is 12.1 Å². The van der Waals surface area contributed by atoms with Crippen molar-refractivity contribution in [2.75, 3.05) is 24.2 Å². The van der Waals surface area contributed by atoms with Gasteiger partial charge in [-0.25, -0.2) is 12.8 Å². The third-order valence-corrected chi connectivity index (χ3v) is 6.57. The molecule has 1 atom stereocenters. The summed E-state index contributed by atoms with van der Waals surface area (Å²) < 4.78 is 38.9. The van der Waals surface area contributed by atoms with E-state index in [9.17, 15) is 22.4 Å². The molecule has 2 rings (SSSR count). The number of likely N-dealkylation sites (N-methyl/N-ethyl adjacent to an activating group) is 1. The minimum Gasteiger partial charge on any atom is -0.357 e. The van der Waals surface area contributed by atoms with Crippen molar-refractivity contribution in [3.8, 4) is 0 Å². The third-order valence-electron chi connectivity index (χ3n) is 5.37. The summed E-state index contributed by atoms with van der Waals surface area (Å²) in [4.78, 5) is 27.2. The molecule has 0 aliphatic heterocycles. The molecule has 0 unspecified atom stereocenters. The lowest BCUT2D eigenvalue weighted by atomic mass is 10.1. The number of hydrogen-bond acceptors (Lipinski definition) is 4. The summed E-state index contributed by atoms with van der Waals surface area (Å²) in [6, 6.07) is 12.3. The molecule has 2 aromatic rings. The largest absolute Gasteiger partial charge is 0.357 e. The molecule has 2 amide bonds. The Kier molecular flexibility index (Phi) is 9.40. The first-order chi connectivity index (χ1) is 15.6. The number of carbonyl (C=O) groups excluding carboxylic acids is 2. The number of nitrogens with zero attached hydrogens (tertiary/aromatic N) is 2. The van der Waals surface area contributed by atoms with Crippen LogP contribution in [0.25, 0.3) is 0 Å². The molecule has 1 N–H and O–H groups in total. The zero-order valence-corrected chi connectivity index (χ0v) is 20.4. The van der Waals surface area contributed by atoms with Gasteiger partial charge in [0, 0.05) is 26.6 Å². The highest BCUT2D eigenvalue weighted by atomic mass is 32.2. The van der Waals surface area contributed by atoms with Gasteiger partial charge in [-0.3, -0.25) is 13.9 Å². The van der Waals surface area contributed by atoms with Gasteiger partial charge >= 0.3 is 0 Å². The van der Waals surface area contributed by atoms with Gasteiger partial charge in [0.05, 0.1) is 11.9 Å². The molecule has 0 saturated carbocycles. The van der Waals surface area contributed by atoms with Crippen LogP contribution in [0.2, 0.25) is 0 Å². The second-order valence-corrected chi connectivity index (χ2v) is 9.87. The van der Waals surface area contributed by atoms with Crippen molar-refractivity contribution in [3.63, 3.8) is 0 Å². The number of rotatable bonds is 11. The normalized spacial score (nSPS) is 12.2. The Labute approximate surface area is 195 Å². The lowest BCUT2D eigenvalue weighted by Gasteiger charge is -2.31. The van der Waals surface area contributed by atoms with E-state index in [2.05, 4.69) is 5.32 Å². The van der Waals surface area contributed by atoms with Gasteiger partial charge in [-0.15, -0.1) is 0 Å². The zero-order chi connectivity index (χ0) is 24.6. The van der Waals surface area contributed by atoms with Crippen LogP contribution in [0.1, 0.15) is 37.3 Å². The van der Waals surface area contributed by atoms with Gasteiger partial charge in [-0.1, -0.05) is 36.8 Å². The number of carbonyl (C=O) groups is 2. The van der Waals surface area contributed by atoms with Crippen LogP contribution < -0.4 is 9.62 Å². The van der Waals surface area contributed by atoms with E-state index in [4.69, 9.17) is 0 Å². The molecule has 180 valence electrons. The highest BCUT2D eigenvalue weighted by Gasteiger charge is 2.28. The van der Waals surface area contributed by atoms with Gasteiger partial charge in [0.2, 0.25) is 21.8 Å². The SMILES string of the molecule is CC[C@@H](C(=O)NC)N(Cc1ccc(C)cc1)C(=O)CCCN(c1ccc(F)cc1)S(C)(=O)=O. The van der Waals surface area contributed by atoms with Crippen molar-refractivity contribution >= 4 is 27.5 Å². The lowest BCUT2D eigenvalue weighted by Crippen LogP contribution is -2.48. The maximum absolute atomic E-state index is 13.2. The predicted octanol–water partition coefficient (Wildman–Crippen LogP) is 3.23. The summed E-state index contributed by atoms with van der Waals surface area (Å²) in [5.41, 5.74) is 2.33. The Morgan fingerprint density at radius 1 is 1.06 bits per heavy atom. The molecule has 2 aromatic carbocycles. The number of nitrogens with one attached hydrogen (secondary N) is 1. The van der Waals surface area contributed by atoms with Crippen LogP contribution in [0.4, 0.5) is 10.1 Å². The zero-order valence-electron chi connectivity index (χ0n) is 19.5. The smallest absolute Gasteiger partial charge is 0.242 e. The summed E-state index contributed by atoms with van der Waals surface area (Å²) >= 11 is 0. The van der Waals surface area contributed by atoms with Crippen molar-refractivity contribution in [3.05, 3.63) is 65.5 Å². The molecule has 0 aliphatic rings. The number of halogens is 1. The number of benzene rings is 2.